The van der Waals surface area contributed by atoms with Gasteiger partial charge in [0.1, 0.15) is 0 Å². The van der Waals surface area contributed by atoms with Crippen LogP contribution in [0.3, 0.4) is 0 Å². The lowest BCUT2D eigenvalue weighted by molar-refractivity contribution is 0.480. The lowest BCUT2D eigenvalue weighted by atomic mass is 9.93. The quantitative estimate of drug-likeness (QED) is 0.164. The Balaban J connectivity index is 1.21. The molecule has 65 heavy (non-hydrogen) atoms. The second-order valence-corrected chi connectivity index (χ2v) is 17.2. The summed E-state index contributed by atoms with van der Waals surface area (Å²) in [4.78, 5) is 10.4. The van der Waals surface area contributed by atoms with Gasteiger partial charge >= 0.3 is 0 Å². The van der Waals surface area contributed by atoms with E-state index in [9.17, 15) is 0 Å². The maximum absolute atomic E-state index is 2.61. The largest absolute Gasteiger partial charge is 0.295 e. The Bertz CT molecular complexity index is 3340. The summed E-state index contributed by atoms with van der Waals surface area (Å²) >= 11 is 0. The maximum Gasteiger partial charge on any atom is 0.295 e. The summed E-state index contributed by atoms with van der Waals surface area (Å²) in [7, 11) is 0. The molecule has 12 aromatic rings. The molecular weight excluding hydrogens is 789 g/mol. The molecule has 12 aromatic carbocycles. The Morgan fingerprint density at radius 2 is 0.354 bits per heavy atom. The van der Waals surface area contributed by atoms with E-state index in [0.29, 0.717) is 0 Å². The van der Waals surface area contributed by atoms with Crippen LogP contribution in [0, 0.1) is 0 Å². The third-order valence-electron chi connectivity index (χ3n) is 13.9. The second kappa shape index (κ2) is 13.7. The second-order valence-electron chi connectivity index (χ2n) is 17.2. The van der Waals surface area contributed by atoms with E-state index in [4.69, 9.17) is 0 Å². The van der Waals surface area contributed by atoms with E-state index in [1.165, 1.54) is 64.6 Å². The SMILES string of the molecule is c1ccc(N2c3cc4c5ccccc5c5ccccc5c4cc3N(c3ccccc3)C23N(c2ccccc2)c2cc4c5ccccc5c5ccccc5c4cc2N3c2ccccc2)cc1. The molecule has 0 N–H and O–H groups in total. The van der Waals surface area contributed by atoms with Gasteiger partial charge in [0.05, 0.1) is 22.7 Å². The van der Waals surface area contributed by atoms with Crippen LogP contribution in [0.5, 0.6) is 0 Å². The van der Waals surface area contributed by atoms with Crippen molar-refractivity contribution in [3.05, 3.63) is 243 Å². The predicted octanol–water partition coefficient (Wildman–Crippen LogP) is 16.5. The molecule has 304 valence electrons. The number of hydrogen-bond donors (Lipinski definition) is 0. The standard InChI is InChI=1S/C61H40N4/c1-5-21-41(22-6-1)62-57-37-53-49-33-17-13-29-45(49)46-30-14-18-34-50(46)54(53)38-58(57)63(42-23-7-2-8-24-42)61(62)64(43-25-9-3-10-26-43)59-39-55-51-35-19-15-31-47(51)48-32-16-20-36-52(48)56(55)40-60(59)65(61)44-27-11-4-12-28-44/h1-40H. The Kier molecular flexibility index (Phi) is 7.57. The normalized spacial score (nSPS) is 14.2. The average Bonchev–Trinajstić information content (AvgIpc) is 3.83. The number of benzene rings is 12. The molecule has 14 rings (SSSR count). The van der Waals surface area contributed by atoms with Gasteiger partial charge in [0.2, 0.25) is 0 Å². The molecule has 1 spiro atoms. The lowest BCUT2D eigenvalue weighted by Crippen LogP contribution is -2.70. The fourth-order valence-electron chi connectivity index (χ4n) is 11.4. The van der Waals surface area contributed by atoms with Gasteiger partial charge in [-0.05, 0) is 137 Å². The van der Waals surface area contributed by atoms with E-state index in [-0.39, 0.29) is 0 Å². The fourth-order valence-corrected chi connectivity index (χ4v) is 11.4. The molecule has 4 heteroatoms. The molecule has 0 aliphatic carbocycles. The highest BCUT2D eigenvalue weighted by Gasteiger charge is 2.65. The van der Waals surface area contributed by atoms with Crippen molar-refractivity contribution < 1.29 is 0 Å². The van der Waals surface area contributed by atoms with E-state index in [1.807, 2.05) is 0 Å². The molecule has 0 aromatic heterocycles. The number of anilines is 8. The van der Waals surface area contributed by atoms with Crippen molar-refractivity contribution >= 4 is 110 Å². The number of fused-ring (bicyclic) bond motifs is 14. The first-order valence-electron chi connectivity index (χ1n) is 22.4. The van der Waals surface area contributed by atoms with Crippen molar-refractivity contribution in [3.63, 3.8) is 0 Å². The van der Waals surface area contributed by atoms with Crippen LogP contribution in [0.1, 0.15) is 0 Å². The van der Waals surface area contributed by atoms with E-state index in [0.717, 1.165) is 45.5 Å². The molecule has 0 fully saturated rings. The van der Waals surface area contributed by atoms with Crippen LogP contribution in [0.4, 0.5) is 45.5 Å². The number of hydrogen-bond acceptors (Lipinski definition) is 4. The van der Waals surface area contributed by atoms with Crippen molar-refractivity contribution in [3.8, 4) is 0 Å². The molecule has 0 atom stereocenters. The van der Waals surface area contributed by atoms with E-state index in [2.05, 4.69) is 262 Å². The van der Waals surface area contributed by atoms with Crippen molar-refractivity contribution in [1.29, 1.82) is 0 Å². The lowest BCUT2D eigenvalue weighted by Gasteiger charge is -2.53. The minimum atomic E-state index is -1.10. The molecule has 2 heterocycles. The Hall–Kier alpha value is -8.60. The zero-order valence-corrected chi connectivity index (χ0v) is 35.4. The third kappa shape index (κ3) is 4.91. The molecule has 2 aliphatic heterocycles. The third-order valence-corrected chi connectivity index (χ3v) is 13.9. The zero-order chi connectivity index (χ0) is 42.6. The van der Waals surface area contributed by atoms with Crippen LogP contribution in [0.2, 0.25) is 0 Å². The molecule has 0 saturated carbocycles. The van der Waals surface area contributed by atoms with Gasteiger partial charge in [0, 0.05) is 22.7 Å². The summed E-state index contributed by atoms with van der Waals surface area (Å²) in [6, 6.07) is 89.6. The summed E-state index contributed by atoms with van der Waals surface area (Å²) in [6.07, 6.45) is 0. The van der Waals surface area contributed by atoms with Crippen LogP contribution >= 0.6 is 0 Å². The molecule has 0 radical (unpaired) electrons. The van der Waals surface area contributed by atoms with Gasteiger partial charge in [-0.3, -0.25) is 19.6 Å². The molecule has 2 aliphatic rings. The number of para-hydroxylation sites is 4. The highest BCUT2D eigenvalue weighted by Crippen LogP contribution is 2.66. The molecule has 0 saturated heterocycles. The number of nitrogens with zero attached hydrogens (tertiary/aromatic N) is 4. The molecule has 4 nitrogen and oxygen atoms in total. The smallest absolute Gasteiger partial charge is 0.280 e. The summed E-state index contributed by atoms with van der Waals surface area (Å²) in [5.41, 5.74) is 8.76. The van der Waals surface area contributed by atoms with Crippen LogP contribution in [-0.2, 0) is 0 Å². The maximum atomic E-state index is 2.61. The van der Waals surface area contributed by atoms with Gasteiger partial charge in [0.25, 0.3) is 5.91 Å². The topological polar surface area (TPSA) is 13.0 Å². The molecular formula is C61H40N4. The summed E-state index contributed by atoms with van der Waals surface area (Å²) in [5.74, 6) is -1.10. The van der Waals surface area contributed by atoms with Gasteiger partial charge in [-0.25, -0.2) is 0 Å². The van der Waals surface area contributed by atoms with E-state index < -0.39 is 5.91 Å². The van der Waals surface area contributed by atoms with Crippen LogP contribution in [-0.4, -0.2) is 5.91 Å². The van der Waals surface area contributed by atoms with Gasteiger partial charge in [-0.1, -0.05) is 170 Å². The van der Waals surface area contributed by atoms with Crippen LogP contribution < -0.4 is 19.6 Å². The van der Waals surface area contributed by atoms with Crippen molar-refractivity contribution in [2.75, 3.05) is 19.6 Å². The zero-order valence-electron chi connectivity index (χ0n) is 35.4. The first kappa shape index (κ1) is 35.9. The predicted molar refractivity (Wildman–Crippen MR) is 275 cm³/mol. The van der Waals surface area contributed by atoms with Crippen molar-refractivity contribution in [2.45, 2.75) is 5.91 Å². The summed E-state index contributed by atoms with van der Waals surface area (Å²) < 4.78 is 0. The number of rotatable bonds is 4. The summed E-state index contributed by atoms with van der Waals surface area (Å²) in [6.45, 7) is 0. The first-order chi connectivity index (χ1) is 32.3. The van der Waals surface area contributed by atoms with Gasteiger partial charge in [-0.15, -0.1) is 0 Å². The highest BCUT2D eigenvalue weighted by atomic mass is 15.8. The average molecular weight is 829 g/mol. The Labute approximate surface area is 376 Å². The van der Waals surface area contributed by atoms with Gasteiger partial charge < -0.3 is 0 Å². The van der Waals surface area contributed by atoms with Gasteiger partial charge in [-0.2, -0.15) is 0 Å². The van der Waals surface area contributed by atoms with Crippen molar-refractivity contribution in [1.82, 2.24) is 0 Å². The van der Waals surface area contributed by atoms with Gasteiger partial charge in [0.15, 0.2) is 0 Å². The molecule has 0 unspecified atom stereocenters. The summed E-state index contributed by atoms with van der Waals surface area (Å²) in [5, 5.41) is 14.9. The minimum absolute atomic E-state index is 1.08. The Morgan fingerprint density at radius 1 is 0.185 bits per heavy atom. The van der Waals surface area contributed by atoms with E-state index >= 15 is 0 Å². The minimum Gasteiger partial charge on any atom is -0.280 e. The first-order valence-corrected chi connectivity index (χ1v) is 22.4. The highest BCUT2D eigenvalue weighted by molar-refractivity contribution is 6.29. The Morgan fingerprint density at radius 3 is 0.554 bits per heavy atom. The monoisotopic (exact) mass is 828 g/mol. The van der Waals surface area contributed by atoms with Crippen LogP contribution in [0.25, 0.3) is 64.6 Å². The fraction of sp³-hybridized carbons (Fsp3) is 0.0164. The molecule has 0 bridgehead atoms. The van der Waals surface area contributed by atoms with Crippen LogP contribution in [0.15, 0.2) is 243 Å². The van der Waals surface area contributed by atoms with Crippen molar-refractivity contribution in [2.24, 2.45) is 0 Å². The van der Waals surface area contributed by atoms with E-state index in [1.54, 1.807) is 0 Å². The molecule has 0 amide bonds.